The Morgan fingerprint density at radius 2 is 1.95 bits per heavy atom. The zero-order valence-corrected chi connectivity index (χ0v) is 13.2. The van der Waals surface area contributed by atoms with E-state index < -0.39 is 0 Å². The van der Waals surface area contributed by atoms with Gasteiger partial charge in [0.2, 0.25) is 0 Å². The SMILES string of the molecule is CC(C)(CN=C(N)NCC1CCCO1)C1CCCCC1. The third kappa shape index (κ3) is 4.65. The Bertz CT molecular complexity index is 316. The molecule has 0 aromatic rings. The van der Waals surface area contributed by atoms with Crippen molar-refractivity contribution in [3.63, 3.8) is 0 Å². The number of rotatable bonds is 5. The molecule has 4 nitrogen and oxygen atoms in total. The van der Waals surface area contributed by atoms with Crippen LogP contribution in [0.2, 0.25) is 0 Å². The summed E-state index contributed by atoms with van der Waals surface area (Å²) in [5, 5.41) is 3.20. The lowest BCUT2D eigenvalue weighted by atomic mass is 9.71. The van der Waals surface area contributed by atoms with E-state index in [1.807, 2.05) is 0 Å². The first-order valence-corrected chi connectivity index (χ1v) is 8.23. The number of aliphatic imine (C=N–C) groups is 1. The van der Waals surface area contributed by atoms with Gasteiger partial charge in [-0.15, -0.1) is 0 Å². The number of ether oxygens (including phenoxy) is 1. The summed E-state index contributed by atoms with van der Waals surface area (Å²) in [7, 11) is 0. The molecule has 1 aliphatic heterocycles. The standard InChI is InChI=1S/C16H31N3O/c1-16(2,13-7-4-3-5-8-13)12-19-15(17)18-11-14-9-6-10-20-14/h13-14H,3-12H2,1-2H3,(H3,17,18,19). The molecule has 2 fully saturated rings. The normalized spacial score (nSPS) is 25.9. The van der Waals surface area contributed by atoms with Crippen LogP contribution in [0.25, 0.3) is 0 Å². The first kappa shape index (κ1) is 15.6. The van der Waals surface area contributed by atoms with Crippen molar-refractivity contribution < 1.29 is 4.74 Å². The molecule has 1 saturated carbocycles. The smallest absolute Gasteiger partial charge is 0.188 e. The molecule has 1 aliphatic carbocycles. The first-order chi connectivity index (χ1) is 9.58. The third-order valence-electron chi connectivity index (χ3n) is 4.90. The Morgan fingerprint density at radius 3 is 2.60 bits per heavy atom. The fraction of sp³-hybridized carbons (Fsp3) is 0.938. The highest BCUT2D eigenvalue weighted by molar-refractivity contribution is 5.77. The second-order valence-corrected chi connectivity index (χ2v) is 7.04. The maximum absolute atomic E-state index is 5.97. The van der Waals surface area contributed by atoms with Crippen molar-refractivity contribution in [1.82, 2.24) is 5.32 Å². The molecule has 0 aromatic heterocycles. The highest BCUT2D eigenvalue weighted by atomic mass is 16.5. The summed E-state index contributed by atoms with van der Waals surface area (Å²) < 4.78 is 5.57. The summed E-state index contributed by atoms with van der Waals surface area (Å²) in [6, 6.07) is 0. The Hall–Kier alpha value is -0.770. The predicted octanol–water partition coefficient (Wildman–Crippen LogP) is 2.68. The fourth-order valence-corrected chi connectivity index (χ4v) is 3.38. The van der Waals surface area contributed by atoms with Gasteiger partial charge in [-0.3, -0.25) is 4.99 Å². The largest absolute Gasteiger partial charge is 0.376 e. The third-order valence-corrected chi connectivity index (χ3v) is 4.90. The Kier molecular flexibility index (Phi) is 5.70. The number of nitrogens with one attached hydrogen (secondary N) is 1. The lowest BCUT2D eigenvalue weighted by Gasteiger charge is -2.36. The number of nitrogens with two attached hydrogens (primary N) is 1. The second kappa shape index (κ2) is 7.30. The van der Waals surface area contributed by atoms with Crippen molar-refractivity contribution in [1.29, 1.82) is 0 Å². The van der Waals surface area contributed by atoms with Crippen molar-refractivity contribution in [3.05, 3.63) is 0 Å². The monoisotopic (exact) mass is 281 g/mol. The average molecular weight is 281 g/mol. The zero-order valence-electron chi connectivity index (χ0n) is 13.2. The van der Waals surface area contributed by atoms with Gasteiger partial charge < -0.3 is 15.8 Å². The van der Waals surface area contributed by atoms with Crippen LogP contribution in [-0.4, -0.2) is 31.8 Å². The van der Waals surface area contributed by atoms with Crippen LogP contribution in [0.15, 0.2) is 4.99 Å². The molecule has 0 radical (unpaired) electrons. The van der Waals surface area contributed by atoms with E-state index >= 15 is 0 Å². The summed E-state index contributed by atoms with van der Waals surface area (Å²) in [5.74, 6) is 1.37. The summed E-state index contributed by atoms with van der Waals surface area (Å²) in [5.41, 5.74) is 6.23. The Balaban J connectivity index is 1.74. The van der Waals surface area contributed by atoms with Gasteiger partial charge in [0, 0.05) is 19.7 Å². The minimum absolute atomic E-state index is 0.260. The molecule has 0 amide bonds. The van der Waals surface area contributed by atoms with Crippen LogP contribution in [-0.2, 0) is 4.74 Å². The number of nitrogens with zero attached hydrogens (tertiary/aromatic N) is 1. The van der Waals surface area contributed by atoms with Gasteiger partial charge in [0.1, 0.15) is 0 Å². The summed E-state index contributed by atoms with van der Waals surface area (Å²) in [6.45, 7) is 7.17. The van der Waals surface area contributed by atoms with Crippen LogP contribution in [0.5, 0.6) is 0 Å². The van der Waals surface area contributed by atoms with Crippen molar-refractivity contribution in [3.8, 4) is 0 Å². The molecule has 0 bridgehead atoms. The molecule has 2 rings (SSSR count). The van der Waals surface area contributed by atoms with E-state index in [0.717, 1.165) is 38.5 Å². The summed E-state index contributed by atoms with van der Waals surface area (Å²) >= 11 is 0. The summed E-state index contributed by atoms with van der Waals surface area (Å²) in [6.07, 6.45) is 9.48. The van der Waals surface area contributed by atoms with E-state index in [4.69, 9.17) is 10.5 Å². The lowest BCUT2D eigenvalue weighted by molar-refractivity contribution is 0.114. The zero-order chi connectivity index (χ0) is 14.4. The molecule has 116 valence electrons. The molecule has 3 N–H and O–H groups in total. The van der Waals surface area contributed by atoms with E-state index in [2.05, 4.69) is 24.2 Å². The number of hydrogen-bond donors (Lipinski definition) is 2. The van der Waals surface area contributed by atoms with E-state index in [1.54, 1.807) is 0 Å². The quantitative estimate of drug-likeness (QED) is 0.601. The highest BCUT2D eigenvalue weighted by Crippen LogP contribution is 2.38. The Labute approximate surface area is 123 Å². The van der Waals surface area contributed by atoms with Gasteiger partial charge in [-0.05, 0) is 37.0 Å². The molecule has 1 atom stereocenters. The van der Waals surface area contributed by atoms with Gasteiger partial charge in [-0.25, -0.2) is 0 Å². The molecule has 20 heavy (non-hydrogen) atoms. The molecule has 1 heterocycles. The van der Waals surface area contributed by atoms with Crippen molar-refractivity contribution in [2.24, 2.45) is 22.1 Å². The summed E-state index contributed by atoms with van der Waals surface area (Å²) in [4.78, 5) is 4.56. The lowest BCUT2D eigenvalue weighted by Crippen LogP contribution is -2.38. The minimum atomic E-state index is 0.260. The van der Waals surface area contributed by atoms with Crippen LogP contribution in [0.1, 0.15) is 58.8 Å². The minimum Gasteiger partial charge on any atom is -0.376 e. The maximum atomic E-state index is 5.97. The van der Waals surface area contributed by atoms with Gasteiger partial charge in [-0.2, -0.15) is 0 Å². The number of hydrogen-bond acceptors (Lipinski definition) is 2. The van der Waals surface area contributed by atoms with Crippen LogP contribution < -0.4 is 11.1 Å². The van der Waals surface area contributed by atoms with Gasteiger partial charge in [0.15, 0.2) is 5.96 Å². The van der Waals surface area contributed by atoms with E-state index in [9.17, 15) is 0 Å². The molecule has 0 aromatic carbocycles. The van der Waals surface area contributed by atoms with Crippen LogP contribution >= 0.6 is 0 Å². The predicted molar refractivity (Wildman–Crippen MR) is 83.8 cm³/mol. The molecular weight excluding hydrogens is 250 g/mol. The maximum Gasteiger partial charge on any atom is 0.188 e. The van der Waals surface area contributed by atoms with Crippen molar-refractivity contribution in [2.45, 2.75) is 64.9 Å². The van der Waals surface area contributed by atoms with E-state index in [-0.39, 0.29) is 5.41 Å². The highest BCUT2D eigenvalue weighted by Gasteiger charge is 2.30. The molecule has 4 heteroatoms. The average Bonchev–Trinajstić information content (AvgIpc) is 2.97. The molecular formula is C16H31N3O. The topological polar surface area (TPSA) is 59.6 Å². The first-order valence-electron chi connectivity index (χ1n) is 8.23. The van der Waals surface area contributed by atoms with E-state index in [0.29, 0.717) is 12.1 Å². The molecule has 1 saturated heterocycles. The van der Waals surface area contributed by atoms with Gasteiger partial charge >= 0.3 is 0 Å². The molecule has 1 unspecified atom stereocenters. The van der Waals surface area contributed by atoms with E-state index in [1.165, 1.54) is 32.1 Å². The van der Waals surface area contributed by atoms with Gasteiger partial charge in [-0.1, -0.05) is 33.1 Å². The van der Waals surface area contributed by atoms with Gasteiger partial charge in [0.25, 0.3) is 0 Å². The van der Waals surface area contributed by atoms with Gasteiger partial charge in [0.05, 0.1) is 6.10 Å². The Morgan fingerprint density at radius 1 is 1.20 bits per heavy atom. The van der Waals surface area contributed by atoms with Crippen molar-refractivity contribution >= 4 is 5.96 Å². The molecule has 2 aliphatic rings. The van der Waals surface area contributed by atoms with Crippen LogP contribution in [0.4, 0.5) is 0 Å². The number of guanidine groups is 1. The molecule has 0 spiro atoms. The van der Waals surface area contributed by atoms with Crippen LogP contribution in [0, 0.1) is 11.3 Å². The fourth-order valence-electron chi connectivity index (χ4n) is 3.38. The van der Waals surface area contributed by atoms with Crippen molar-refractivity contribution in [2.75, 3.05) is 19.7 Å². The van der Waals surface area contributed by atoms with Crippen LogP contribution in [0.3, 0.4) is 0 Å². The second-order valence-electron chi connectivity index (χ2n) is 7.04.